The van der Waals surface area contributed by atoms with Crippen LogP contribution in [0.4, 0.5) is 16.1 Å². The SMILES string of the molecule is Nc1nc2cc(-c3nc4c(F)c(N5CCC[C@H]5C(=O)O)cc5c4n3CCCO5)ccc2o1. The van der Waals surface area contributed by atoms with Crippen molar-refractivity contribution in [1.29, 1.82) is 0 Å². The number of aromatic nitrogens is 3. The monoisotopic (exact) mass is 437 g/mol. The molecular weight excluding hydrogens is 417 g/mol. The van der Waals surface area contributed by atoms with E-state index in [1.165, 1.54) is 0 Å². The molecule has 6 rings (SSSR count). The average molecular weight is 437 g/mol. The molecule has 0 radical (unpaired) electrons. The first-order valence-corrected chi connectivity index (χ1v) is 10.5. The highest BCUT2D eigenvalue weighted by molar-refractivity contribution is 5.92. The summed E-state index contributed by atoms with van der Waals surface area (Å²) < 4.78 is 29.0. The van der Waals surface area contributed by atoms with Gasteiger partial charge in [-0.3, -0.25) is 0 Å². The van der Waals surface area contributed by atoms with Crippen molar-refractivity contribution in [1.82, 2.24) is 14.5 Å². The van der Waals surface area contributed by atoms with Gasteiger partial charge in [-0.25, -0.2) is 14.2 Å². The minimum absolute atomic E-state index is 0.0774. The fourth-order valence-electron chi connectivity index (χ4n) is 4.79. The number of halogens is 1. The Bertz CT molecular complexity index is 1390. The number of hydrogen-bond donors (Lipinski definition) is 2. The molecule has 2 aromatic carbocycles. The van der Waals surface area contributed by atoms with Crippen molar-refractivity contribution in [3.8, 4) is 17.1 Å². The van der Waals surface area contributed by atoms with Crippen LogP contribution in [0, 0.1) is 5.82 Å². The van der Waals surface area contributed by atoms with Gasteiger partial charge in [0, 0.05) is 24.7 Å². The van der Waals surface area contributed by atoms with Crippen LogP contribution in [-0.4, -0.2) is 44.8 Å². The Balaban J connectivity index is 1.57. The smallest absolute Gasteiger partial charge is 0.326 e. The predicted molar refractivity (Wildman–Crippen MR) is 115 cm³/mol. The number of benzene rings is 2. The first-order chi connectivity index (χ1) is 15.5. The standard InChI is InChI=1S/C22H20FN5O4/c23-17-14(27-6-1-3-13(27)21(29)30)10-16-19-18(17)26-20(28(19)7-2-8-31-16)11-4-5-15-12(9-11)25-22(24)32-15/h4-5,9-10,13H,1-3,6-8H2,(H2,24,25)(H,29,30)/t13-/m0/s1. The highest BCUT2D eigenvalue weighted by Gasteiger charge is 2.34. The Morgan fingerprint density at radius 1 is 1.22 bits per heavy atom. The third-order valence-electron chi connectivity index (χ3n) is 6.19. The van der Waals surface area contributed by atoms with E-state index >= 15 is 4.39 Å². The first-order valence-electron chi connectivity index (χ1n) is 10.5. The van der Waals surface area contributed by atoms with Crippen LogP contribution >= 0.6 is 0 Å². The van der Waals surface area contributed by atoms with Crippen LogP contribution in [0.5, 0.6) is 5.75 Å². The van der Waals surface area contributed by atoms with Gasteiger partial charge in [-0.1, -0.05) is 0 Å². The number of nitrogens with two attached hydrogens (primary N) is 1. The van der Waals surface area contributed by atoms with Crippen LogP contribution in [0.15, 0.2) is 28.7 Å². The van der Waals surface area contributed by atoms with Crippen LogP contribution in [0.2, 0.25) is 0 Å². The minimum atomic E-state index is -0.958. The second kappa shape index (κ2) is 6.84. The lowest BCUT2D eigenvalue weighted by atomic mass is 10.2. The Morgan fingerprint density at radius 2 is 2.09 bits per heavy atom. The first kappa shape index (κ1) is 18.9. The number of ether oxygens (including phenoxy) is 1. The normalized spacial score (nSPS) is 18.3. The zero-order valence-corrected chi connectivity index (χ0v) is 17.0. The fraction of sp³-hybridized carbons (Fsp3) is 0.318. The van der Waals surface area contributed by atoms with E-state index < -0.39 is 17.8 Å². The average Bonchev–Trinajstić information content (AvgIpc) is 3.45. The van der Waals surface area contributed by atoms with E-state index in [4.69, 9.17) is 14.9 Å². The van der Waals surface area contributed by atoms with E-state index in [-0.39, 0.29) is 17.2 Å². The van der Waals surface area contributed by atoms with E-state index in [1.54, 1.807) is 17.0 Å². The molecule has 164 valence electrons. The second-order valence-electron chi connectivity index (χ2n) is 8.12. The van der Waals surface area contributed by atoms with Gasteiger partial charge in [0.2, 0.25) is 0 Å². The number of anilines is 2. The summed E-state index contributed by atoms with van der Waals surface area (Å²) in [6.07, 6.45) is 1.89. The van der Waals surface area contributed by atoms with Crippen LogP contribution in [0.25, 0.3) is 33.5 Å². The van der Waals surface area contributed by atoms with Gasteiger partial charge >= 0.3 is 5.97 Å². The molecule has 9 nitrogen and oxygen atoms in total. The van der Waals surface area contributed by atoms with E-state index in [0.29, 0.717) is 60.7 Å². The second-order valence-corrected chi connectivity index (χ2v) is 8.12. The summed E-state index contributed by atoms with van der Waals surface area (Å²) in [6.45, 7) is 1.55. The van der Waals surface area contributed by atoms with Gasteiger partial charge in [0.05, 0.1) is 12.3 Å². The molecule has 4 heterocycles. The molecule has 0 amide bonds. The number of carboxylic acids is 1. The number of fused-ring (bicyclic) bond motifs is 1. The number of hydrogen-bond acceptors (Lipinski definition) is 7. The molecule has 2 aliphatic rings. The van der Waals surface area contributed by atoms with Crippen LogP contribution in [0.1, 0.15) is 19.3 Å². The summed E-state index contributed by atoms with van der Waals surface area (Å²) in [5.74, 6) is -0.396. The Labute approximate surface area is 181 Å². The molecule has 2 aromatic heterocycles. The number of carboxylic acid groups (broad SMARTS) is 1. The van der Waals surface area contributed by atoms with Crippen molar-refractivity contribution < 1.29 is 23.4 Å². The number of rotatable bonds is 3. The molecular formula is C22H20FN5O4. The molecule has 3 N–H and O–H groups in total. The van der Waals surface area contributed by atoms with Crippen molar-refractivity contribution in [3.05, 3.63) is 30.1 Å². The Kier molecular flexibility index (Phi) is 4.04. The third kappa shape index (κ3) is 2.72. The van der Waals surface area contributed by atoms with Crippen molar-refractivity contribution >= 4 is 39.8 Å². The number of aliphatic carboxylic acids is 1. The van der Waals surface area contributed by atoms with E-state index in [1.807, 2.05) is 16.7 Å². The molecule has 2 aliphatic heterocycles. The topological polar surface area (TPSA) is 120 Å². The number of nitrogen functional groups attached to an aromatic ring is 1. The van der Waals surface area contributed by atoms with E-state index in [2.05, 4.69) is 9.97 Å². The lowest BCUT2D eigenvalue weighted by Gasteiger charge is -2.24. The quantitative estimate of drug-likeness (QED) is 0.500. The summed E-state index contributed by atoms with van der Waals surface area (Å²) in [6, 6.07) is 6.34. The maximum absolute atomic E-state index is 15.8. The lowest BCUT2D eigenvalue weighted by molar-refractivity contribution is -0.138. The summed E-state index contributed by atoms with van der Waals surface area (Å²) in [5.41, 5.74) is 8.53. The molecule has 0 unspecified atom stereocenters. The largest absolute Gasteiger partial charge is 0.491 e. The van der Waals surface area contributed by atoms with Gasteiger partial charge in [0.1, 0.15) is 34.2 Å². The van der Waals surface area contributed by atoms with Gasteiger partial charge in [-0.2, -0.15) is 4.98 Å². The molecule has 32 heavy (non-hydrogen) atoms. The fourth-order valence-corrected chi connectivity index (χ4v) is 4.79. The van der Waals surface area contributed by atoms with Gasteiger partial charge in [-0.15, -0.1) is 0 Å². The zero-order chi connectivity index (χ0) is 22.0. The molecule has 1 fully saturated rings. The molecule has 0 aliphatic carbocycles. The molecule has 0 saturated carbocycles. The summed E-state index contributed by atoms with van der Waals surface area (Å²) in [7, 11) is 0. The highest BCUT2D eigenvalue weighted by atomic mass is 19.1. The molecule has 10 heteroatoms. The van der Waals surface area contributed by atoms with Crippen LogP contribution in [-0.2, 0) is 11.3 Å². The lowest BCUT2D eigenvalue weighted by Crippen LogP contribution is -2.36. The highest BCUT2D eigenvalue weighted by Crippen LogP contribution is 2.41. The minimum Gasteiger partial charge on any atom is -0.491 e. The Hall–Kier alpha value is -3.82. The Morgan fingerprint density at radius 3 is 2.94 bits per heavy atom. The molecule has 1 saturated heterocycles. The number of nitrogens with zero attached hydrogens (tertiary/aromatic N) is 4. The van der Waals surface area contributed by atoms with Gasteiger partial charge in [-0.05, 0) is 37.5 Å². The zero-order valence-electron chi connectivity index (χ0n) is 17.0. The summed E-state index contributed by atoms with van der Waals surface area (Å²) >= 11 is 0. The molecule has 1 atom stereocenters. The van der Waals surface area contributed by atoms with Crippen molar-refractivity contribution in [3.63, 3.8) is 0 Å². The van der Waals surface area contributed by atoms with Gasteiger partial charge in [0.25, 0.3) is 6.01 Å². The third-order valence-corrected chi connectivity index (χ3v) is 6.19. The van der Waals surface area contributed by atoms with Crippen molar-refractivity contribution in [2.24, 2.45) is 0 Å². The number of oxazole rings is 1. The molecule has 4 aromatic rings. The number of carbonyl (C=O) groups is 1. The number of aryl methyl sites for hydroxylation is 1. The van der Waals surface area contributed by atoms with Gasteiger partial charge in [0.15, 0.2) is 11.4 Å². The van der Waals surface area contributed by atoms with Crippen LogP contribution < -0.4 is 15.4 Å². The van der Waals surface area contributed by atoms with E-state index in [9.17, 15) is 9.90 Å². The maximum atomic E-state index is 15.8. The maximum Gasteiger partial charge on any atom is 0.326 e. The predicted octanol–water partition coefficient (Wildman–Crippen LogP) is 3.40. The summed E-state index contributed by atoms with van der Waals surface area (Å²) in [5, 5.41) is 9.58. The van der Waals surface area contributed by atoms with Crippen molar-refractivity contribution in [2.45, 2.75) is 31.8 Å². The van der Waals surface area contributed by atoms with E-state index in [0.717, 1.165) is 12.0 Å². The molecule has 0 spiro atoms. The van der Waals surface area contributed by atoms with Crippen LogP contribution in [0.3, 0.4) is 0 Å². The summed E-state index contributed by atoms with van der Waals surface area (Å²) in [4.78, 5) is 22.1. The molecule has 0 bridgehead atoms. The van der Waals surface area contributed by atoms with Gasteiger partial charge < -0.3 is 29.5 Å². The number of imidazole rings is 1. The van der Waals surface area contributed by atoms with Crippen molar-refractivity contribution in [2.75, 3.05) is 23.8 Å².